The number of nitrogens with zero attached hydrogens (tertiary/aromatic N) is 4. The molecule has 1 aromatic heterocycles. The summed E-state index contributed by atoms with van der Waals surface area (Å²) in [6.45, 7) is 2.09. The van der Waals surface area contributed by atoms with Crippen molar-refractivity contribution in [2.24, 2.45) is 0 Å². The van der Waals surface area contributed by atoms with E-state index in [9.17, 15) is 0 Å². The predicted octanol–water partition coefficient (Wildman–Crippen LogP) is 0.948. The van der Waals surface area contributed by atoms with Crippen molar-refractivity contribution in [2.45, 2.75) is 12.8 Å². The number of hydrogen-bond donors (Lipinski definition) is 0. The monoisotopic (exact) mass is 174 g/mol. The van der Waals surface area contributed by atoms with Gasteiger partial charge in [0.05, 0.1) is 0 Å². The van der Waals surface area contributed by atoms with E-state index in [1.54, 1.807) is 6.20 Å². The Labute approximate surface area is 76.8 Å². The van der Waals surface area contributed by atoms with Gasteiger partial charge in [-0.15, -0.1) is 0 Å². The van der Waals surface area contributed by atoms with E-state index >= 15 is 0 Å². The molecule has 0 saturated carbocycles. The maximum Gasteiger partial charge on any atom is 0.234 e. The van der Waals surface area contributed by atoms with Crippen LogP contribution in [0.3, 0.4) is 0 Å². The lowest BCUT2D eigenvalue weighted by Crippen LogP contribution is -2.19. The molecule has 0 unspecified atom stereocenters. The first kappa shape index (κ1) is 7.99. The van der Waals surface area contributed by atoms with Crippen molar-refractivity contribution < 1.29 is 0 Å². The van der Waals surface area contributed by atoms with E-state index in [1.165, 1.54) is 12.8 Å². The topological polar surface area (TPSA) is 52.8 Å². The number of anilines is 1. The molecule has 1 aliphatic heterocycles. The minimum absolute atomic E-state index is 0.254. The molecule has 1 saturated heterocycles. The molecule has 0 atom stereocenters. The van der Waals surface area contributed by atoms with Gasteiger partial charge in [0, 0.05) is 19.3 Å². The van der Waals surface area contributed by atoms with E-state index in [-0.39, 0.29) is 5.82 Å². The molecule has 0 spiro atoms. The lowest BCUT2D eigenvalue weighted by Gasteiger charge is -2.15. The van der Waals surface area contributed by atoms with Crippen LogP contribution in [0.1, 0.15) is 18.7 Å². The van der Waals surface area contributed by atoms with Crippen LogP contribution >= 0.6 is 0 Å². The average Bonchev–Trinajstić information content (AvgIpc) is 2.71. The Morgan fingerprint density at radius 3 is 2.85 bits per heavy atom. The van der Waals surface area contributed by atoms with Crippen LogP contribution in [0.4, 0.5) is 5.82 Å². The standard InChI is InChI=1S/C9H10N4/c10-7-8-11-4-3-9(12-8)13-5-1-2-6-13/h3-4H,1-2,5-6H2. The van der Waals surface area contributed by atoms with Gasteiger partial charge in [0.2, 0.25) is 5.82 Å². The van der Waals surface area contributed by atoms with Gasteiger partial charge in [-0.2, -0.15) is 5.26 Å². The van der Waals surface area contributed by atoms with Gasteiger partial charge in [-0.3, -0.25) is 0 Å². The average molecular weight is 174 g/mol. The molecule has 0 bridgehead atoms. The van der Waals surface area contributed by atoms with Gasteiger partial charge in [0.15, 0.2) is 0 Å². The predicted molar refractivity (Wildman–Crippen MR) is 48.2 cm³/mol. The van der Waals surface area contributed by atoms with Gasteiger partial charge >= 0.3 is 0 Å². The molecule has 13 heavy (non-hydrogen) atoms. The minimum atomic E-state index is 0.254. The van der Waals surface area contributed by atoms with Gasteiger partial charge in [0.25, 0.3) is 0 Å². The first-order valence-corrected chi connectivity index (χ1v) is 4.38. The van der Waals surface area contributed by atoms with Crippen LogP contribution < -0.4 is 4.90 Å². The number of hydrogen-bond acceptors (Lipinski definition) is 4. The number of nitriles is 1. The van der Waals surface area contributed by atoms with Crippen LogP contribution in [0, 0.1) is 11.3 Å². The number of rotatable bonds is 1. The molecule has 1 fully saturated rings. The van der Waals surface area contributed by atoms with E-state index in [0.29, 0.717) is 0 Å². The minimum Gasteiger partial charge on any atom is -0.356 e. The summed E-state index contributed by atoms with van der Waals surface area (Å²) >= 11 is 0. The van der Waals surface area contributed by atoms with Crippen LogP contribution in [0.15, 0.2) is 12.3 Å². The third kappa shape index (κ3) is 1.59. The normalized spacial score (nSPS) is 15.8. The Kier molecular flexibility index (Phi) is 2.09. The molecule has 1 aromatic rings. The smallest absolute Gasteiger partial charge is 0.234 e. The zero-order valence-corrected chi connectivity index (χ0v) is 7.27. The zero-order chi connectivity index (χ0) is 9.10. The fraction of sp³-hybridized carbons (Fsp3) is 0.444. The van der Waals surface area contributed by atoms with E-state index in [2.05, 4.69) is 14.9 Å². The van der Waals surface area contributed by atoms with Crippen molar-refractivity contribution in [1.82, 2.24) is 9.97 Å². The Morgan fingerprint density at radius 2 is 2.15 bits per heavy atom. The summed E-state index contributed by atoms with van der Waals surface area (Å²) in [7, 11) is 0. The van der Waals surface area contributed by atoms with Crippen molar-refractivity contribution in [3.05, 3.63) is 18.1 Å². The van der Waals surface area contributed by atoms with Crippen molar-refractivity contribution in [1.29, 1.82) is 5.26 Å². The molecule has 4 nitrogen and oxygen atoms in total. The van der Waals surface area contributed by atoms with Gasteiger partial charge < -0.3 is 4.90 Å². The third-order valence-electron chi connectivity index (χ3n) is 2.17. The molecule has 2 rings (SSSR count). The van der Waals surface area contributed by atoms with Crippen LogP contribution in [-0.4, -0.2) is 23.1 Å². The van der Waals surface area contributed by atoms with Gasteiger partial charge in [-0.05, 0) is 18.9 Å². The molecular weight excluding hydrogens is 164 g/mol. The maximum atomic E-state index is 8.61. The summed E-state index contributed by atoms with van der Waals surface area (Å²) < 4.78 is 0. The molecule has 4 heteroatoms. The highest BCUT2D eigenvalue weighted by atomic mass is 15.2. The zero-order valence-electron chi connectivity index (χ0n) is 7.27. The molecule has 1 aliphatic rings. The summed E-state index contributed by atoms with van der Waals surface area (Å²) in [5.74, 6) is 1.13. The highest BCUT2D eigenvalue weighted by Crippen LogP contribution is 2.16. The molecule has 0 radical (unpaired) electrons. The summed E-state index contributed by atoms with van der Waals surface area (Å²) in [5.41, 5.74) is 0. The van der Waals surface area contributed by atoms with Gasteiger partial charge in [-0.25, -0.2) is 9.97 Å². The largest absolute Gasteiger partial charge is 0.356 e. The second-order valence-electron chi connectivity index (χ2n) is 3.04. The first-order valence-electron chi connectivity index (χ1n) is 4.38. The quantitative estimate of drug-likeness (QED) is 0.636. The molecular formula is C9H10N4. The van der Waals surface area contributed by atoms with Crippen LogP contribution in [0.2, 0.25) is 0 Å². The highest BCUT2D eigenvalue weighted by molar-refractivity contribution is 5.39. The molecule has 0 amide bonds. The van der Waals surface area contributed by atoms with E-state index in [4.69, 9.17) is 5.26 Å². The van der Waals surface area contributed by atoms with Crippen molar-refractivity contribution in [3.63, 3.8) is 0 Å². The fourth-order valence-corrected chi connectivity index (χ4v) is 1.53. The van der Waals surface area contributed by atoms with Crippen LogP contribution in [0.25, 0.3) is 0 Å². The Bertz CT molecular complexity index is 336. The summed E-state index contributed by atoms with van der Waals surface area (Å²) in [6, 6.07) is 3.80. The fourth-order valence-electron chi connectivity index (χ4n) is 1.53. The van der Waals surface area contributed by atoms with Gasteiger partial charge in [-0.1, -0.05) is 0 Å². The van der Waals surface area contributed by atoms with Crippen LogP contribution in [0.5, 0.6) is 0 Å². The Balaban J connectivity index is 2.25. The van der Waals surface area contributed by atoms with E-state index < -0.39 is 0 Å². The molecule has 0 aliphatic carbocycles. The van der Waals surface area contributed by atoms with Gasteiger partial charge in [0.1, 0.15) is 11.9 Å². The highest BCUT2D eigenvalue weighted by Gasteiger charge is 2.13. The summed E-state index contributed by atoms with van der Waals surface area (Å²) in [5, 5.41) is 8.61. The SMILES string of the molecule is N#Cc1nccc(N2CCCC2)n1. The second kappa shape index (κ2) is 3.40. The third-order valence-corrected chi connectivity index (χ3v) is 2.17. The van der Waals surface area contributed by atoms with Crippen molar-refractivity contribution in [2.75, 3.05) is 18.0 Å². The van der Waals surface area contributed by atoms with Crippen molar-refractivity contribution in [3.8, 4) is 6.07 Å². The lowest BCUT2D eigenvalue weighted by atomic mass is 10.4. The molecule has 0 N–H and O–H groups in total. The van der Waals surface area contributed by atoms with Crippen LogP contribution in [-0.2, 0) is 0 Å². The van der Waals surface area contributed by atoms with Crippen molar-refractivity contribution >= 4 is 5.82 Å². The molecule has 0 aromatic carbocycles. The van der Waals surface area contributed by atoms with E-state index in [0.717, 1.165) is 18.9 Å². The Morgan fingerprint density at radius 1 is 1.38 bits per heavy atom. The molecule has 66 valence electrons. The lowest BCUT2D eigenvalue weighted by molar-refractivity contribution is 0.921. The number of aromatic nitrogens is 2. The summed E-state index contributed by atoms with van der Waals surface area (Å²) in [6.07, 6.45) is 4.07. The summed E-state index contributed by atoms with van der Waals surface area (Å²) in [4.78, 5) is 10.1. The first-order chi connectivity index (χ1) is 6.40. The second-order valence-corrected chi connectivity index (χ2v) is 3.04. The maximum absolute atomic E-state index is 8.61. The van der Waals surface area contributed by atoms with E-state index in [1.807, 2.05) is 12.1 Å². The molecule has 2 heterocycles. The Hall–Kier alpha value is -1.63.